The van der Waals surface area contributed by atoms with Gasteiger partial charge in [0.05, 0.1) is 6.26 Å². The van der Waals surface area contributed by atoms with E-state index in [1.165, 1.54) is 11.2 Å². The van der Waals surface area contributed by atoms with E-state index in [0.717, 1.165) is 36.8 Å². The number of nitrogens with zero attached hydrogens (tertiary/aromatic N) is 2. The van der Waals surface area contributed by atoms with E-state index < -0.39 is 6.04 Å². The molecule has 160 valence electrons. The van der Waals surface area contributed by atoms with E-state index in [4.69, 9.17) is 4.42 Å². The Labute approximate surface area is 182 Å². The highest BCUT2D eigenvalue weighted by Crippen LogP contribution is 2.33. The Bertz CT molecular complexity index is 1040. The van der Waals surface area contributed by atoms with Crippen molar-refractivity contribution in [2.24, 2.45) is 0 Å². The average molecular weight is 418 g/mol. The molecule has 1 saturated carbocycles. The standard InChI is InChI=1S/C25H27N3O3/c1-17-11-12-21(18(2)15-17)28(25(30)22-10-6-14-31-22)23(19-7-5-13-26-16-19)24(29)27-20-8-3-4-9-20/h5-7,10-16,20,23H,3-4,8-9H2,1-2H3,(H,27,29)/t23-/m1/s1. The van der Waals surface area contributed by atoms with Crippen LogP contribution in [-0.4, -0.2) is 22.8 Å². The molecule has 1 aliphatic rings. The lowest BCUT2D eigenvalue weighted by Gasteiger charge is -2.32. The van der Waals surface area contributed by atoms with Crippen LogP contribution in [0.3, 0.4) is 0 Å². The molecule has 0 spiro atoms. The number of rotatable bonds is 6. The minimum Gasteiger partial charge on any atom is -0.459 e. The van der Waals surface area contributed by atoms with Crippen molar-refractivity contribution in [1.29, 1.82) is 0 Å². The summed E-state index contributed by atoms with van der Waals surface area (Å²) in [6.07, 6.45) is 8.90. The number of aromatic nitrogens is 1. The number of anilines is 1. The van der Waals surface area contributed by atoms with Crippen LogP contribution in [0.4, 0.5) is 5.69 Å². The Kier molecular flexibility index (Phi) is 6.16. The first-order valence-corrected chi connectivity index (χ1v) is 10.7. The lowest BCUT2D eigenvalue weighted by atomic mass is 10.0. The summed E-state index contributed by atoms with van der Waals surface area (Å²) in [5.41, 5.74) is 3.31. The number of nitrogens with one attached hydrogen (secondary N) is 1. The molecule has 2 aromatic heterocycles. The summed E-state index contributed by atoms with van der Waals surface area (Å²) >= 11 is 0. The Balaban J connectivity index is 1.82. The predicted octanol–water partition coefficient (Wildman–Crippen LogP) is 4.74. The lowest BCUT2D eigenvalue weighted by Crippen LogP contribution is -2.46. The molecular weight excluding hydrogens is 390 g/mol. The van der Waals surface area contributed by atoms with Crippen molar-refractivity contribution in [3.8, 4) is 0 Å². The maximum atomic E-state index is 13.6. The van der Waals surface area contributed by atoms with Gasteiger partial charge in [0, 0.05) is 29.7 Å². The minimum atomic E-state index is -0.867. The van der Waals surface area contributed by atoms with Crippen LogP contribution in [0, 0.1) is 13.8 Å². The van der Waals surface area contributed by atoms with Crippen LogP contribution in [-0.2, 0) is 4.79 Å². The normalized spacial score (nSPS) is 14.9. The molecular formula is C25H27N3O3. The molecule has 0 bridgehead atoms. The highest BCUT2D eigenvalue weighted by molar-refractivity contribution is 6.09. The third-order valence-electron chi connectivity index (χ3n) is 5.77. The van der Waals surface area contributed by atoms with Gasteiger partial charge in [-0.05, 0) is 56.5 Å². The summed E-state index contributed by atoms with van der Waals surface area (Å²) in [4.78, 5) is 33.0. The van der Waals surface area contributed by atoms with Crippen LogP contribution >= 0.6 is 0 Å². The smallest absolute Gasteiger partial charge is 0.294 e. The summed E-state index contributed by atoms with van der Waals surface area (Å²) in [7, 11) is 0. The van der Waals surface area contributed by atoms with Crippen molar-refractivity contribution in [2.75, 3.05) is 4.90 Å². The van der Waals surface area contributed by atoms with Gasteiger partial charge in [0.25, 0.3) is 5.91 Å². The molecule has 4 rings (SSSR count). The monoisotopic (exact) mass is 417 g/mol. The van der Waals surface area contributed by atoms with Crippen LogP contribution in [0.15, 0.2) is 65.5 Å². The van der Waals surface area contributed by atoms with Gasteiger partial charge in [0.2, 0.25) is 5.91 Å². The third-order valence-corrected chi connectivity index (χ3v) is 5.77. The molecule has 6 nitrogen and oxygen atoms in total. The SMILES string of the molecule is Cc1ccc(N(C(=O)c2ccco2)[C@@H](C(=O)NC2CCCC2)c2cccnc2)c(C)c1. The summed E-state index contributed by atoms with van der Waals surface area (Å²) in [6.45, 7) is 3.95. The van der Waals surface area contributed by atoms with E-state index in [1.54, 1.807) is 30.6 Å². The summed E-state index contributed by atoms with van der Waals surface area (Å²) in [5, 5.41) is 3.17. The maximum Gasteiger partial charge on any atom is 0.294 e. The summed E-state index contributed by atoms with van der Waals surface area (Å²) in [6, 6.07) is 12.0. The van der Waals surface area contributed by atoms with Gasteiger partial charge in [-0.3, -0.25) is 19.5 Å². The molecule has 1 aliphatic carbocycles. The number of aryl methyl sites for hydroxylation is 2. The highest BCUT2D eigenvalue weighted by Gasteiger charge is 2.36. The van der Waals surface area contributed by atoms with Crippen LogP contribution in [0.5, 0.6) is 0 Å². The Morgan fingerprint density at radius 3 is 2.58 bits per heavy atom. The molecule has 1 fully saturated rings. The minimum absolute atomic E-state index is 0.131. The van der Waals surface area contributed by atoms with Crippen molar-refractivity contribution in [2.45, 2.75) is 51.6 Å². The number of hydrogen-bond acceptors (Lipinski definition) is 4. The molecule has 3 aromatic rings. The lowest BCUT2D eigenvalue weighted by molar-refractivity contribution is -0.123. The van der Waals surface area contributed by atoms with Crippen molar-refractivity contribution >= 4 is 17.5 Å². The first-order chi connectivity index (χ1) is 15.0. The van der Waals surface area contributed by atoms with Gasteiger partial charge in [-0.2, -0.15) is 0 Å². The van der Waals surface area contributed by atoms with E-state index in [9.17, 15) is 9.59 Å². The third kappa shape index (κ3) is 4.53. The first-order valence-electron chi connectivity index (χ1n) is 10.7. The molecule has 2 amide bonds. The number of pyridine rings is 1. The van der Waals surface area contributed by atoms with Gasteiger partial charge in [0.1, 0.15) is 6.04 Å². The second-order valence-electron chi connectivity index (χ2n) is 8.12. The zero-order valence-electron chi connectivity index (χ0n) is 17.9. The number of carbonyl (C=O) groups is 2. The summed E-state index contributed by atoms with van der Waals surface area (Å²) < 4.78 is 5.42. The van der Waals surface area contributed by atoms with Crippen molar-refractivity contribution in [3.05, 3.63) is 83.6 Å². The number of benzene rings is 1. The van der Waals surface area contributed by atoms with Gasteiger partial charge >= 0.3 is 0 Å². The van der Waals surface area contributed by atoms with E-state index in [0.29, 0.717) is 11.3 Å². The van der Waals surface area contributed by atoms with Crippen molar-refractivity contribution in [1.82, 2.24) is 10.3 Å². The van der Waals surface area contributed by atoms with E-state index in [2.05, 4.69) is 10.3 Å². The molecule has 1 aromatic carbocycles. The summed E-state index contributed by atoms with van der Waals surface area (Å²) in [5.74, 6) is -0.394. The largest absolute Gasteiger partial charge is 0.459 e. The van der Waals surface area contributed by atoms with Crippen LogP contribution in [0.25, 0.3) is 0 Å². The number of amides is 2. The molecule has 0 saturated heterocycles. The quantitative estimate of drug-likeness (QED) is 0.629. The van der Waals surface area contributed by atoms with Crippen molar-refractivity contribution in [3.63, 3.8) is 0 Å². The van der Waals surface area contributed by atoms with Gasteiger partial charge < -0.3 is 9.73 Å². The van der Waals surface area contributed by atoms with Gasteiger partial charge in [-0.25, -0.2) is 0 Å². The first kappa shape index (κ1) is 20.8. The average Bonchev–Trinajstić information content (AvgIpc) is 3.47. The molecule has 0 radical (unpaired) electrons. The zero-order valence-corrected chi connectivity index (χ0v) is 17.9. The van der Waals surface area contributed by atoms with Gasteiger partial charge in [0.15, 0.2) is 5.76 Å². The molecule has 2 heterocycles. The van der Waals surface area contributed by atoms with E-state index in [1.807, 2.05) is 38.1 Å². The molecule has 31 heavy (non-hydrogen) atoms. The Hall–Kier alpha value is -3.41. The van der Waals surface area contributed by atoms with E-state index >= 15 is 0 Å². The topological polar surface area (TPSA) is 75.4 Å². The fourth-order valence-corrected chi connectivity index (χ4v) is 4.27. The van der Waals surface area contributed by atoms with Crippen LogP contribution in [0.1, 0.15) is 59.0 Å². The van der Waals surface area contributed by atoms with Gasteiger partial charge in [-0.1, -0.05) is 36.6 Å². The number of carbonyl (C=O) groups excluding carboxylic acids is 2. The maximum absolute atomic E-state index is 13.6. The van der Waals surface area contributed by atoms with Crippen LogP contribution in [0.2, 0.25) is 0 Å². The Morgan fingerprint density at radius 1 is 1.13 bits per heavy atom. The van der Waals surface area contributed by atoms with Crippen molar-refractivity contribution < 1.29 is 14.0 Å². The second-order valence-corrected chi connectivity index (χ2v) is 8.12. The van der Waals surface area contributed by atoms with Crippen LogP contribution < -0.4 is 10.2 Å². The second kappa shape index (κ2) is 9.16. The fraction of sp³-hybridized carbons (Fsp3) is 0.320. The zero-order chi connectivity index (χ0) is 21.8. The number of furan rings is 1. The molecule has 0 aliphatic heterocycles. The van der Waals surface area contributed by atoms with E-state index in [-0.39, 0.29) is 23.6 Å². The predicted molar refractivity (Wildman–Crippen MR) is 119 cm³/mol. The number of hydrogen-bond donors (Lipinski definition) is 1. The molecule has 1 N–H and O–H groups in total. The molecule has 1 atom stereocenters. The highest BCUT2D eigenvalue weighted by atomic mass is 16.3. The Morgan fingerprint density at radius 2 is 1.94 bits per heavy atom. The molecule has 6 heteroatoms. The van der Waals surface area contributed by atoms with Gasteiger partial charge in [-0.15, -0.1) is 0 Å². The molecule has 0 unspecified atom stereocenters. The fourth-order valence-electron chi connectivity index (χ4n) is 4.27.